The minimum atomic E-state index is -0.786. The highest BCUT2D eigenvalue weighted by atomic mass is 32.1. The number of hydrogen-bond donors (Lipinski definition) is 4. The molecule has 3 heterocycles. The molecule has 11 heteroatoms. The number of furan rings is 1. The molecule has 4 rings (SSSR count). The second-order valence-electron chi connectivity index (χ2n) is 6.61. The normalized spacial score (nSPS) is 10.5. The van der Waals surface area contributed by atoms with Gasteiger partial charge in [-0.15, -0.1) is 11.3 Å². The molecule has 3 amide bonds. The zero-order valence-corrected chi connectivity index (χ0v) is 17.5. The minimum absolute atomic E-state index is 0.143. The van der Waals surface area contributed by atoms with Gasteiger partial charge in [-0.2, -0.15) is 5.10 Å². The first-order valence-corrected chi connectivity index (χ1v) is 10.1. The van der Waals surface area contributed by atoms with Crippen molar-refractivity contribution in [3.63, 3.8) is 0 Å². The molecule has 0 aliphatic heterocycles. The van der Waals surface area contributed by atoms with Crippen LogP contribution in [0.5, 0.6) is 5.75 Å². The molecule has 4 aromatic rings. The SMILES string of the molecule is Cc1cc(NC(=O)c2ccco2)sc1C(=O)NNC(=O)c1nn(-c2ccccc2)cc1O. The number of amides is 3. The summed E-state index contributed by atoms with van der Waals surface area (Å²) in [5.41, 5.74) is 5.54. The fraction of sp³-hybridized carbons (Fsp3) is 0.0476. The summed E-state index contributed by atoms with van der Waals surface area (Å²) in [6, 6.07) is 13.7. The van der Waals surface area contributed by atoms with Crippen molar-refractivity contribution < 1.29 is 23.9 Å². The third kappa shape index (κ3) is 4.37. The van der Waals surface area contributed by atoms with Gasteiger partial charge in [0.05, 0.1) is 28.0 Å². The fourth-order valence-corrected chi connectivity index (χ4v) is 3.78. The first-order valence-electron chi connectivity index (χ1n) is 9.32. The predicted octanol–water partition coefficient (Wildman–Crippen LogP) is 2.87. The number of nitrogens with one attached hydrogen (secondary N) is 3. The van der Waals surface area contributed by atoms with E-state index < -0.39 is 17.7 Å². The van der Waals surface area contributed by atoms with Crippen LogP contribution in [0.1, 0.15) is 36.3 Å². The van der Waals surface area contributed by atoms with Gasteiger partial charge in [-0.1, -0.05) is 18.2 Å². The van der Waals surface area contributed by atoms with E-state index in [2.05, 4.69) is 21.3 Å². The third-order valence-corrected chi connectivity index (χ3v) is 5.48. The molecule has 0 saturated heterocycles. The number of aromatic hydroxyl groups is 1. The van der Waals surface area contributed by atoms with Crippen molar-refractivity contribution in [3.8, 4) is 11.4 Å². The number of rotatable bonds is 5. The van der Waals surface area contributed by atoms with Gasteiger partial charge in [0.2, 0.25) is 0 Å². The van der Waals surface area contributed by atoms with Gasteiger partial charge in [0.1, 0.15) is 0 Å². The minimum Gasteiger partial charge on any atom is -0.504 e. The summed E-state index contributed by atoms with van der Waals surface area (Å²) in [5, 5.41) is 17.2. The Balaban J connectivity index is 1.40. The van der Waals surface area contributed by atoms with Crippen LogP contribution in [-0.2, 0) is 0 Å². The lowest BCUT2D eigenvalue weighted by Crippen LogP contribution is -2.41. The molecule has 4 N–H and O–H groups in total. The van der Waals surface area contributed by atoms with E-state index in [0.717, 1.165) is 11.3 Å². The van der Waals surface area contributed by atoms with Crippen molar-refractivity contribution in [3.05, 3.63) is 82.9 Å². The maximum atomic E-state index is 12.5. The second kappa shape index (κ2) is 8.78. The average molecular weight is 451 g/mol. The number of hydrazine groups is 1. The number of benzene rings is 1. The Hall–Kier alpha value is -4.38. The molecule has 162 valence electrons. The quantitative estimate of drug-likeness (QED) is 0.344. The summed E-state index contributed by atoms with van der Waals surface area (Å²) in [6.07, 6.45) is 2.68. The summed E-state index contributed by atoms with van der Waals surface area (Å²) in [5.74, 6) is -2.01. The van der Waals surface area contributed by atoms with Crippen molar-refractivity contribution in [1.29, 1.82) is 0 Å². The molecule has 0 aliphatic rings. The Morgan fingerprint density at radius 3 is 2.50 bits per heavy atom. The van der Waals surface area contributed by atoms with Gasteiger partial charge in [0.25, 0.3) is 17.7 Å². The van der Waals surface area contributed by atoms with Crippen LogP contribution >= 0.6 is 11.3 Å². The van der Waals surface area contributed by atoms with Crippen LogP contribution in [-0.4, -0.2) is 32.6 Å². The van der Waals surface area contributed by atoms with Gasteiger partial charge in [0.15, 0.2) is 17.2 Å². The molecule has 0 fully saturated rings. The standard InChI is InChI=1S/C21H17N5O5S/c1-12-10-16(22-19(28)15-8-5-9-31-15)32-18(12)21(30)24-23-20(29)17-14(27)11-26(25-17)13-6-3-2-4-7-13/h2-11,27H,1H3,(H,22,28)(H,23,29)(H,24,30). The Labute approximate surface area is 185 Å². The van der Waals surface area contributed by atoms with Crippen molar-refractivity contribution in [2.45, 2.75) is 6.92 Å². The molecule has 0 aliphatic carbocycles. The lowest BCUT2D eigenvalue weighted by Gasteiger charge is -2.05. The number of carbonyl (C=O) groups is 3. The topological polar surface area (TPSA) is 138 Å². The van der Waals surface area contributed by atoms with Crippen LogP contribution in [0.25, 0.3) is 5.69 Å². The number of aromatic nitrogens is 2. The van der Waals surface area contributed by atoms with E-state index in [4.69, 9.17) is 4.42 Å². The van der Waals surface area contributed by atoms with Gasteiger partial charge in [0, 0.05) is 0 Å². The molecule has 10 nitrogen and oxygen atoms in total. The Morgan fingerprint density at radius 2 is 1.78 bits per heavy atom. The zero-order chi connectivity index (χ0) is 22.7. The van der Waals surface area contributed by atoms with Crippen LogP contribution in [0.15, 0.2) is 65.4 Å². The fourth-order valence-electron chi connectivity index (χ4n) is 2.82. The van der Waals surface area contributed by atoms with Gasteiger partial charge in [-0.25, -0.2) is 4.68 Å². The number of thiophene rings is 1. The number of nitrogens with zero attached hydrogens (tertiary/aromatic N) is 2. The van der Waals surface area contributed by atoms with Crippen LogP contribution < -0.4 is 16.2 Å². The smallest absolute Gasteiger partial charge is 0.294 e. The Morgan fingerprint density at radius 1 is 1.03 bits per heavy atom. The van der Waals surface area contributed by atoms with E-state index >= 15 is 0 Å². The molecule has 0 unspecified atom stereocenters. The van der Waals surface area contributed by atoms with Gasteiger partial charge >= 0.3 is 0 Å². The molecule has 0 radical (unpaired) electrons. The summed E-state index contributed by atoms with van der Waals surface area (Å²) >= 11 is 1.04. The molecule has 0 atom stereocenters. The molecular weight excluding hydrogens is 434 g/mol. The lowest BCUT2D eigenvalue weighted by atomic mass is 10.3. The highest BCUT2D eigenvalue weighted by Gasteiger charge is 2.20. The Kier molecular flexibility index (Phi) is 5.73. The van der Waals surface area contributed by atoms with E-state index in [0.29, 0.717) is 21.1 Å². The number of anilines is 1. The number of aryl methyl sites for hydroxylation is 1. The first kappa shape index (κ1) is 20.9. The van der Waals surface area contributed by atoms with Crippen molar-refractivity contribution in [2.24, 2.45) is 0 Å². The molecular formula is C21H17N5O5S. The predicted molar refractivity (Wildman–Crippen MR) is 116 cm³/mol. The van der Waals surface area contributed by atoms with Crippen LogP contribution in [0.2, 0.25) is 0 Å². The molecule has 1 aromatic carbocycles. The highest BCUT2D eigenvalue weighted by Crippen LogP contribution is 2.27. The molecule has 0 saturated carbocycles. The number of hydrogen-bond acceptors (Lipinski definition) is 7. The van der Waals surface area contributed by atoms with E-state index in [9.17, 15) is 19.5 Å². The average Bonchev–Trinajstić information content (AvgIpc) is 3.53. The largest absolute Gasteiger partial charge is 0.504 e. The van der Waals surface area contributed by atoms with Crippen molar-refractivity contribution >= 4 is 34.1 Å². The van der Waals surface area contributed by atoms with Crippen LogP contribution in [0.3, 0.4) is 0 Å². The zero-order valence-electron chi connectivity index (χ0n) is 16.7. The maximum absolute atomic E-state index is 12.5. The van der Waals surface area contributed by atoms with Crippen molar-refractivity contribution in [1.82, 2.24) is 20.6 Å². The second-order valence-corrected chi connectivity index (χ2v) is 7.66. The van der Waals surface area contributed by atoms with Crippen molar-refractivity contribution in [2.75, 3.05) is 5.32 Å². The number of para-hydroxylation sites is 1. The summed E-state index contributed by atoms with van der Waals surface area (Å²) in [7, 11) is 0. The van der Waals surface area contributed by atoms with E-state index in [-0.39, 0.29) is 17.2 Å². The van der Waals surface area contributed by atoms with Gasteiger partial charge in [-0.05, 0) is 42.8 Å². The van der Waals surface area contributed by atoms with Crippen LogP contribution in [0.4, 0.5) is 5.00 Å². The monoisotopic (exact) mass is 451 g/mol. The van der Waals surface area contributed by atoms with Gasteiger partial charge < -0.3 is 14.8 Å². The van der Waals surface area contributed by atoms with E-state index in [1.54, 1.807) is 43.3 Å². The molecule has 0 bridgehead atoms. The maximum Gasteiger partial charge on any atom is 0.294 e. The summed E-state index contributed by atoms with van der Waals surface area (Å²) < 4.78 is 6.39. The molecule has 0 spiro atoms. The summed E-state index contributed by atoms with van der Waals surface area (Å²) in [6.45, 7) is 1.70. The van der Waals surface area contributed by atoms with Gasteiger partial charge in [-0.3, -0.25) is 25.2 Å². The Bertz CT molecular complexity index is 1280. The number of carbonyl (C=O) groups excluding carboxylic acids is 3. The highest BCUT2D eigenvalue weighted by molar-refractivity contribution is 7.18. The van der Waals surface area contributed by atoms with E-state index in [1.807, 2.05) is 6.07 Å². The molecule has 3 aromatic heterocycles. The van der Waals surface area contributed by atoms with E-state index in [1.165, 1.54) is 23.2 Å². The van der Waals surface area contributed by atoms with Crippen LogP contribution in [0, 0.1) is 6.92 Å². The summed E-state index contributed by atoms with van der Waals surface area (Å²) in [4.78, 5) is 37.3. The lowest BCUT2D eigenvalue weighted by molar-refractivity contribution is 0.0844. The first-order chi connectivity index (χ1) is 15.4. The molecule has 32 heavy (non-hydrogen) atoms. The third-order valence-electron chi connectivity index (χ3n) is 4.33.